The van der Waals surface area contributed by atoms with Crippen LogP contribution in [-0.4, -0.2) is 6.26 Å². The molecule has 72 valence electrons. The molecule has 0 aliphatic carbocycles. The largest absolute Gasteiger partial charge is 0.134 e. The highest BCUT2D eigenvalue weighted by Gasteiger charge is 2.01. The highest BCUT2D eigenvalue weighted by atomic mass is 32.2. The molecule has 0 bridgehead atoms. The molecular weight excluding hydrogens is 164 g/mol. The molecule has 1 heteroatoms. The topological polar surface area (TPSA) is 0 Å². The van der Waals surface area contributed by atoms with Crippen LogP contribution in [0.2, 0.25) is 0 Å². The molecule has 0 amide bonds. The predicted molar refractivity (Wildman–Crippen MR) is 62.6 cm³/mol. The maximum atomic E-state index is 3.78. The van der Waals surface area contributed by atoms with Gasteiger partial charge in [-0.3, -0.25) is 0 Å². The fourth-order valence-electron chi connectivity index (χ4n) is 0.904. The standard InChI is InChI=1S/C9H16S.C2H6/c1-6-9(7(2)3)8(4)10-5;1-2/h6-7H,1H2,2-5H3;1-2H3/b9-8+;. The van der Waals surface area contributed by atoms with Crippen molar-refractivity contribution in [3.63, 3.8) is 0 Å². The molecule has 0 radical (unpaired) electrons. The molecule has 0 fully saturated rings. The van der Waals surface area contributed by atoms with Crippen LogP contribution in [0.4, 0.5) is 0 Å². The molecule has 0 saturated heterocycles. The van der Waals surface area contributed by atoms with Gasteiger partial charge in [0.05, 0.1) is 0 Å². The van der Waals surface area contributed by atoms with Gasteiger partial charge in [-0.05, 0) is 29.6 Å². The van der Waals surface area contributed by atoms with Crippen LogP contribution >= 0.6 is 11.8 Å². The van der Waals surface area contributed by atoms with Gasteiger partial charge >= 0.3 is 0 Å². The van der Waals surface area contributed by atoms with Crippen molar-refractivity contribution in [3.8, 4) is 0 Å². The summed E-state index contributed by atoms with van der Waals surface area (Å²) in [6.07, 6.45) is 4.05. The van der Waals surface area contributed by atoms with Gasteiger partial charge in [0.15, 0.2) is 0 Å². The maximum Gasteiger partial charge on any atom is -0.0140 e. The Labute approximate surface area is 82.1 Å². The van der Waals surface area contributed by atoms with Crippen LogP contribution in [0, 0.1) is 5.92 Å². The average Bonchev–Trinajstić information content (AvgIpc) is 2.08. The first kappa shape index (κ1) is 14.4. The SMILES string of the molecule is C=C/C(=C(/C)SC)C(C)C.CC. The molecule has 0 saturated carbocycles. The fraction of sp³-hybridized carbons (Fsp3) is 0.636. The van der Waals surface area contributed by atoms with E-state index in [-0.39, 0.29) is 0 Å². The first-order valence-electron chi connectivity index (χ1n) is 4.50. The van der Waals surface area contributed by atoms with Crippen LogP contribution in [0.25, 0.3) is 0 Å². The Morgan fingerprint density at radius 2 is 1.75 bits per heavy atom. The summed E-state index contributed by atoms with van der Waals surface area (Å²) >= 11 is 1.79. The molecule has 0 rings (SSSR count). The summed E-state index contributed by atoms with van der Waals surface area (Å²) in [5.41, 5.74) is 1.37. The predicted octanol–water partition coefficient (Wildman–Crippen LogP) is 4.49. The summed E-state index contributed by atoms with van der Waals surface area (Å²) in [4.78, 5) is 1.38. The van der Waals surface area contributed by atoms with Crippen molar-refractivity contribution in [1.29, 1.82) is 0 Å². The van der Waals surface area contributed by atoms with Gasteiger partial charge in [0, 0.05) is 0 Å². The van der Waals surface area contributed by atoms with Crippen LogP contribution < -0.4 is 0 Å². The lowest BCUT2D eigenvalue weighted by atomic mass is 10.0. The van der Waals surface area contributed by atoms with E-state index in [9.17, 15) is 0 Å². The Morgan fingerprint density at radius 1 is 1.33 bits per heavy atom. The first-order valence-corrected chi connectivity index (χ1v) is 5.73. The molecule has 0 spiro atoms. The lowest BCUT2D eigenvalue weighted by Gasteiger charge is -2.08. The van der Waals surface area contributed by atoms with Crippen molar-refractivity contribution in [2.24, 2.45) is 5.92 Å². The molecule has 0 aliphatic rings. The van der Waals surface area contributed by atoms with E-state index < -0.39 is 0 Å². The Balaban J connectivity index is 0. The fourth-order valence-corrected chi connectivity index (χ4v) is 1.46. The molecule has 12 heavy (non-hydrogen) atoms. The van der Waals surface area contributed by atoms with Crippen LogP contribution in [0.15, 0.2) is 23.1 Å². The lowest BCUT2D eigenvalue weighted by molar-refractivity contribution is 0.788. The molecular formula is C11H22S. The normalized spacial score (nSPS) is 11.6. The zero-order valence-corrected chi connectivity index (χ0v) is 10.1. The second-order valence-electron chi connectivity index (χ2n) is 2.57. The molecule has 0 aromatic heterocycles. The molecule has 0 nitrogen and oxygen atoms in total. The number of hydrogen-bond acceptors (Lipinski definition) is 1. The Bertz CT molecular complexity index is 143. The highest BCUT2D eigenvalue weighted by molar-refractivity contribution is 8.02. The lowest BCUT2D eigenvalue weighted by Crippen LogP contribution is -1.91. The van der Waals surface area contributed by atoms with E-state index in [2.05, 4.69) is 33.6 Å². The van der Waals surface area contributed by atoms with Crippen molar-refractivity contribution in [3.05, 3.63) is 23.1 Å². The van der Waals surface area contributed by atoms with Crippen LogP contribution in [0.3, 0.4) is 0 Å². The molecule has 0 N–H and O–H groups in total. The van der Waals surface area contributed by atoms with E-state index in [1.165, 1.54) is 10.5 Å². The Hall–Kier alpha value is -0.170. The van der Waals surface area contributed by atoms with E-state index >= 15 is 0 Å². The van der Waals surface area contributed by atoms with Crippen molar-refractivity contribution in [2.45, 2.75) is 34.6 Å². The van der Waals surface area contributed by atoms with Gasteiger partial charge in [-0.15, -0.1) is 11.8 Å². The molecule has 0 aromatic carbocycles. The zero-order chi connectivity index (χ0) is 10.1. The Morgan fingerprint density at radius 3 is 1.83 bits per heavy atom. The third kappa shape index (κ3) is 5.48. The smallest absolute Gasteiger partial charge is 0.0140 e. The maximum absolute atomic E-state index is 3.78. The summed E-state index contributed by atoms with van der Waals surface area (Å²) in [5.74, 6) is 0.602. The van der Waals surface area contributed by atoms with Crippen molar-refractivity contribution < 1.29 is 0 Å². The monoisotopic (exact) mass is 186 g/mol. The second kappa shape index (κ2) is 8.92. The van der Waals surface area contributed by atoms with Gasteiger partial charge < -0.3 is 0 Å². The zero-order valence-electron chi connectivity index (χ0n) is 9.27. The average molecular weight is 186 g/mol. The number of thioether (sulfide) groups is 1. The number of allylic oxidation sites excluding steroid dienone is 3. The van der Waals surface area contributed by atoms with E-state index in [0.717, 1.165) is 0 Å². The van der Waals surface area contributed by atoms with Crippen molar-refractivity contribution in [2.75, 3.05) is 6.26 Å². The molecule has 0 aromatic rings. The molecule has 0 atom stereocenters. The third-order valence-electron chi connectivity index (χ3n) is 1.55. The molecule has 0 unspecified atom stereocenters. The van der Waals surface area contributed by atoms with Gasteiger partial charge in [0.25, 0.3) is 0 Å². The summed E-state index contributed by atoms with van der Waals surface area (Å²) < 4.78 is 0. The van der Waals surface area contributed by atoms with E-state index in [1.807, 2.05) is 19.9 Å². The van der Waals surface area contributed by atoms with E-state index in [0.29, 0.717) is 5.92 Å². The van der Waals surface area contributed by atoms with E-state index in [4.69, 9.17) is 0 Å². The summed E-state index contributed by atoms with van der Waals surface area (Å²) in [6.45, 7) is 14.3. The Kier molecular flexibility index (Phi) is 10.7. The van der Waals surface area contributed by atoms with Crippen LogP contribution in [0.1, 0.15) is 34.6 Å². The minimum Gasteiger partial charge on any atom is -0.134 e. The van der Waals surface area contributed by atoms with Gasteiger partial charge in [0.1, 0.15) is 0 Å². The van der Waals surface area contributed by atoms with Crippen LogP contribution in [-0.2, 0) is 0 Å². The highest BCUT2D eigenvalue weighted by Crippen LogP contribution is 2.22. The number of hydrogen-bond donors (Lipinski definition) is 0. The summed E-state index contributed by atoms with van der Waals surface area (Å²) in [6, 6.07) is 0. The minimum absolute atomic E-state index is 0.602. The van der Waals surface area contributed by atoms with Gasteiger partial charge in [0.2, 0.25) is 0 Å². The third-order valence-corrected chi connectivity index (χ3v) is 2.40. The van der Waals surface area contributed by atoms with Crippen LogP contribution in [0.5, 0.6) is 0 Å². The second-order valence-corrected chi connectivity index (χ2v) is 3.60. The van der Waals surface area contributed by atoms with Gasteiger partial charge in [-0.25, -0.2) is 0 Å². The minimum atomic E-state index is 0.602. The molecule has 0 aliphatic heterocycles. The quantitative estimate of drug-likeness (QED) is 0.585. The van der Waals surface area contributed by atoms with Gasteiger partial charge in [-0.2, -0.15) is 0 Å². The summed E-state index contributed by atoms with van der Waals surface area (Å²) in [5, 5.41) is 0. The van der Waals surface area contributed by atoms with E-state index in [1.54, 1.807) is 11.8 Å². The van der Waals surface area contributed by atoms with Crippen molar-refractivity contribution >= 4 is 11.8 Å². The summed E-state index contributed by atoms with van der Waals surface area (Å²) in [7, 11) is 0. The van der Waals surface area contributed by atoms with Gasteiger partial charge in [-0.1, -0.05) is 40.3 Å². The first-order chi connectivity index (χ1) is 5.63. The number of rotatable bonds is 3. The van der Waals surface area contributed by atoms with Crippen molar-refractivity contribution in [1.82, 2.24) is 0 Å². The molecule has 0 heterocycles.